The molecule has 0 bridgehead atoms. The minimum absolute atomic E-state index is 0.434. The molecule has 0 aliphatic carbocycles. The third-order valence-electron chi connectivity index (χ3n) is 3.00. The van der Waals surface area contributed by atoms with Crippen molar-refractivity contribution in [2.75, 3.05) is 0 Å². The molecule has 0 fully saturated rings. The summed E-state index contributed by atoms with van der Waals surface area (Å²) < 4.78 is 0. The number of amides is 1. The van der Waals surface area contributed by atoms with Crippen LogP contribution in [0.4, 0.5) is 0 Å². The van der Waals surface area contributed by atoms with Crippen LogP contribution in [0.2, 0.25) is 0 Å². The second-order valence-electron chi connectivity index (χ2n) is 4.27. The number of H-pyrrole nitrogens is 2. The van der Waals surface area contributed by atoms with Gasteiger partial charge in [0, 0.05) is 22.9 Å². The number of aryl methyl sites for hydroxylation is 1. The maximum atomic E-state index is 11.5. The first kappa shape index (κ1) is 10.6. The molecule has 5 heteroatoms. The molecule has 0 spiro atoms. The van der Waals surface area contributed by atoms with Gasteiger partial charge in [-0.1, -0.05) is 17.7 Å². The summed E-state index contributed by atoms with van der Waals surface area (Å²) in [6.45, 7) is 1.93. The molecular weight excluding hydrogens is 228 g/mol. The van der Waals surface area contributed by atoms with E-state index in [2.05, 4.69) is 15.2 Å². The molecular formula is C13H12N4O. The predicted octanol–water partition coefficient (Wildman–Crippen LogP) is 1.92. The molecule has 2 aliphatic heterocycles. The molecule has 2 aliphatic rings. The fourth-order valence-electron chi connectivity index (χ4n) is 2.11. The highest BCUT2D eigenvalue weighted by Gasteiger charge is 2.18. The molecule has 18 heavy (non-hydrogen) atoms. The van der Waals surface area contributed by atoms with Crippen LogP contribution in [0, 0.1) is 6.92 Å². The molecule has 0 aromatic heterocycles. The lowest BCUT2D eigenvalue weighted by Crippen LogP contribution is -2.12. The molecule has 1 aromatic rings. The highest BCUT2D eigenvalue weighted by molar-refractivity contribution is 6.01. The van der Waals surface area contributed by atoms with Gasteiger partial charge in [0.05, 0.1) is 17.6 Å². The van der Waals surface area contributed by atoms with Gasteiger partial charge in [0.15, 0.2) is 0 Å². The summed E-state index contributed by atoms with van der Waals surface area (Å²) in [5.74, 6) is -0.434. The van der Waals surface area contributed by atoms with E-state index >= 15 is 0 Å². The summed E-state index contributed by atoms with van der Waals surface area (Å²) in [5, 5.41) is 6.06. The molecule has 1 aromatic carbocycles. The predicted molar refractivity (Wildman–Crippen MR) is 68.3 cm³/mol. The molecule has 0 radical (unpaired) electrons. The third kappa shape index (κ3) is 1.48. The number of hydrogen-bond acceptors (Lipinski definition) is 2. The Hall–Kier alpha value is -2.56. The fourth-order valence-corrected chi connectivity index (χ4v) is 2.11. The first-order chi connectivity index (χ1) is 8.66. The van der Waals surface area contributed by atoms with Crippen molar-refractivity contribution in [2.24, 2.45) is 5.73 Å². The highest BCUT2D eigenvalue weighted by atomic mass is 16.1. The Kier molecular flexibility index (Phi) is 2.19. The van der Waals surface area contributed by atoms with E-state index in [4.69, 9.17) is 5.73 Å². The standard InChI is InChI=1S/C13H12N4O/c1-7-2-3-8(9(4-7)13(14)18)12-10-5-15-6-11(10)16-17-12/h2-6,16-17H,1H3,(H2,14,18). The summed E-state index contributed by atoms with van der Waals surface area (Å²) in [4.78, 5) is 15.6. The van der Waals surface area contributed by atoms with E-state index in [0.29, 0.717) is 5.56 Å². The molecule has 2 heterocycles. The van der Waals surface area contributed by atoms with Crippen molar-refractivity contribution in [2.45, 2.75) is 6.92 Å². The first-order valence-electron chi connectivity index (χ1n) is 5.57. The molecule has 3 rings (SSSR count). The van der Waals surface area contributed by atoms with Gasteiger partial charge in [-0.15, -0.1) is 0 Å². The Bertz CT molecular complexity index is 695. The van der Waals surface area contributed by atoms with Crippen molar-refractivity contribution in [3.8, 4) is 22.5 Å². The molecule has 0 saturated carbocycles. The van der Waals surface area contributed by atoms with Gasteiger partial charge in [-0.25, -0.2) is 0 Å². The zero-order chi connectivity index (χ0) is 12.7. The average Bonchev–Trinajstić information content (AvgIpc) is 2.91. The van der Waals surface area contributed by atoms with Gasteiger partial charge in [0.25, 0.3) is 0 Å². The van der Waals surface area contributed by atoms with Crippen LogP contribution in [0.5, 0.6) is 0 Å². The summed E-state index contributed by atoms with van der Waals surface area (Å²) >= 11 is 0. The molecule has 1 amide bonds. The van der Waals surface area contributed by atoms with Crippen LogP contribution in [0.1, 0.15) is 15.9 Å². The number of carbonyl (C=O) groups is 1. The molecule has 90 valence electrons. The summed E-state index contributed by atoms with van der Waals surface area (Å²) in [5.41, 5.74) is 10.4. The van der Waals surface area contributed by atoms with E-state index in [1.54, 1.807) is 18.5 Å². The first-order valence-corrected chi connectivity index (χ1v) is 5.57. The number of fused-ring (bicyclic) bond motifs is 1. The number of hydrogen-bond donors (Lipinski definition) is 3. The van der Waals surface area contributed by atoms with Crippen LogP contribution < -0.4 is 5.73 Å². The summed E-state index contributed by atoms with van der Waals surface area (Å²) in [6, 6.07) is 5.63. The lowest BCUT2D eigenvalue weighted by molar-refractivity contribution is 0.100. The maximum Gasteiger partial charge on any atom is 0.249 e. The van der Waals surface area contributed by atoms with E-state index < -0.39 is 5.91 Å². The second kappa shape index (κ2) is 3.73. The number of aromatic amines is 2. The minimum Gasteiger partial charge on any atom is -0.366 e. The van der Waals surface area contributed by atoms with Crippen LogP contribution >= 0.6 is 0 Å². The minimum atomic E-state index is -0.434. The van der Waals surface area contributed by atoms with Crippen molar-refractivity contribution in [1.29, 1.82) is 0 Å². The number of nitrogens with two attached hydrogens (primary N) is 1. The number of primary amides is 1. The van der Waals surface area contributed by atoms with E-state index in [-0.39, 0.29) is 0 Å². The van der Waals surface area contributed by atoms with Gasteiger partial charge >= 0.3 is 0 Å². The Morgan fingerprint density at radius 1 is 1.22 bits per heavy atom. The highest BCUT2D eigenvalue weighted by Crippen LogP contribution is 2.33. The largest absolute Gasteiger partial charge is 0.366 e. The SMILES string of the molecule is Cc1ccc(-c2[nH][nH]c3cncc2-3)c(C(N)=O)c1. The summed E-state index contributed by atoms with van der Waals surface area (Å²) in [6.07, 6.45) is 3.48. The van der Waals surface area contributed by atoms with E-state index in [1.807, 2.05) is 19.1 Å². The Morgan fingerprint density at radius 3 is 2.83 bits per heavy atom. The number of nitrogens with one attached hydrogen (secondary N) is 2. The van der Waals surface area contributed by atoms with Crippen molar-refractivity contribution in [1.82, 2.24) is 15.2 Å². The van der Waals surface area contributed by atoms with E-state index in [1.165, 1.54) is 0 Å². The van der Waals surface area contributed by atoms with Gasteiger partial charge < -0.3 is 5.73 Å². The maximum absolute atomic E-state index is 11.5. The Balaban J connectivity index is 2.24. The van der Waals surface area contributed by atoms with Gasteiger partial charge in [-0.3, -0.25) is 20.0 Å². The quantitative estimate of drug-likeness (QED) is 0.639. The van der Waals surface area contributed by atoms with Gasteiger partial charge in [-0.05, 0) is 13.0 Å². The van der Waals surface area contributed by atoms with Gasteiger partial charge in [0.1, 0.15) is 0 Å². The monoisotopic (exact) mass is 240 g/mol. The van der Waals surface area contributed by atoms with Crippen LogP contribution in [-0.2, 0) is 0 Å². The number of carbonyl (C=O) groups excluding carboxylic acids is 1. The second-order valence-corrected chi connectivity index (χ2v) is 4.27. The zero-order valence-electron chi connectivity index (χ0n) is 9.82. The van der Waals surface area contributed by atoms with Gasteiger partial charge in [0.2, 0.25) is 5.91 Å². The normalized spacial score (nSPS) is 10.9. The van der Waals surface area contributed by atoms with Crippen LogP contribution in [0.25, 0.3) is 22.5 Å². The molecule has 4 N–H and O–H groups in total. The van der Waals surface area contributed by atoms with Crippen molar-refractivity contribution in [3.63, 3.8) is 0 Å². The average molecular weight is 240 g/mol. The molecule has 0 saturated heterocycles. The number of benzene rings is 1. The number of rotatable bonds is 2. The zero-order valence-corrected chi connectivity index (χ0v) is 9.82. The topological polar surface area (TPSA) is 87.6 Å². The van der Waals surface area contributed by atoms with Crippen LogP contribution in [-0.4, -0.2) is 21.1 Å². The van der Waals surface area contributed by atoms with Crippen LogP contribution in [0.15, 0.2) is 30.6 Å². The fraction of sp³-hybridized carbons (Fsp3) is 0.0769. The van der Waals surface area contributed by atoms with Gasteiger partial charge in [-0.2, -0.15) is 0 Å². The molecule has 0 unspecified atom stereocenters. The Labute approximate surface area is 103 Å². The van der Waals surface area contributed by atoms with E-state index in [0.717, 1.165) is 28.1 Å². The lowest BCUT2D eigenvalue weighted by atomic mass is 9.99. The van der Waals surface area contributed by atoms with Crippen LogP contribution in [0.3, 0.4) is 0 Å². The van der Waals surface area contributed by atoms with Crippen molar-refractivity contribution in [3.05, 3.63) is 41.7 Å². The molecule has 5 nitrogen and oxygen atoms in total. The van der Waals surface area contributed by atoms with E-state index in [9.17, 15) is 4.79 Å². The number of aromatic nitrogens is 3. The number of nitrogens with zero attached hydrogens (tertiary/aromatic N) is 1. The van der Waals surface area contributed by atoms with Crippen molar-refractivity contribution < 1.29 is 4.79 Å². The molecule has 0 atom stereocenters. The lowest BCUT2D eigenvalue weighted by Gasteiger charge is -2.06. The van der Waals surface area contributed by atoms with Crippen molar-refractivity contribution >= 4 is 5.91 Å². The third-order valence-corrected chi connectivity index (χ3v) is 3.00. The smallest absolute Gasteiger partial charge is 0.249 e. The summed E-state index contributed by atoms with van der Waals surface area (Å²) in [7, 11) is 0. The Morgan fingerprint density at radius 2 is 2.06 bits per heavy atom.